The summed E-state index contributed by atoms with van der Waals surface area (Å²) >= 11 is 0. The zero-order valence-corrected chi connectivity index (χ0v) is 26.5. The Kier molecular flexibility index (Phi) is 10.4. The molecule has 5 rings (SSSR count). The average molecular weight is 661 g/mol. The minimum atomic E-state index is -1.70. The van der Waals surface area contributed by atoms with Gasteiger partial charge in [-0.3, -0.25) is 19.1 Å². The number of aromatic amines is 1. The van der Waals surface area contributed by atoms with E-state index in [9.17, 15) is 29.4 Å². The Labute approximate surface area is 275 Å². The van der Waals surface area contributed by atoms with Crippen molar-refractivity contribution in [3.63, 3.8) is 0 Å². The van der Waals surface area contributed by atoms with E-state index in [4.69, 9.17) is 23.7 Å². The fourth-order valence-electron chi connectivity index (χ4n) is 5.81. The maximum atomic E-state index is 12.8. The molecule has 0 radical (unpaired) electrons. The molecule has 13 heteroatoms. The molecular formula is C35H36N2O11. The highest BCUT2D eigenvalue weighted by molar-refractivity contribution is 5.79. The van der Waals surface area contributed by atoms with Crippen LogP contribution in [0.15, 0.2) is 94.6 Å². The Morgan fingerprint density at radius 3 is 2.00 bits per heavy atom. The van der Waals surface area contributed by atoms with Crippen molar-refractivity contribution in [2.75, 3.05) is 20.8 Å². The highest BCUT2D eigenvalue weighted by atomic mass is 16.6. The van der Waals surface area contributed by atoms with Gasteiger partial charge >= 0.3 is 17.6 Å². The van der Waals surface area contributed by atoms with Crippen molar-refractivity contribution in [1.82, 2.24) is 9.55 Å². The van der Waals surface area contributed by atoms with E-state index in [-0.39, 0.29) is 18.6 Å². The first-order valence-corrected chi connectivity index (χ1v) is 15.1. The number of rotatable bonds is 14. The van der Waals surface area contributed by atoms with Crippen LogP contribution in [0.3, 0.4) is 0 Å². The number of hydrogen-bond donors (Lipinski definition) is 3. The minimum Gasteiger partial charge on any atom is -0.497 e. The lowest BCUT2D eigenvalue weighted by molar-refractivity contribution is -0.166. The van der Waals surface area contributed by atoms with Gasteiger partial charge < -0.3 is 33.9 Å². The number of aromatic nitrogens is 2. The molecule has 0 bridgehead atoms. The van der Waals surface area contributed by atoms with Crippen LogP contribution in [0, 0.1) is 6.92 Å². The van der Waals surface area contributed by atoms with Gasteiger partial charge in [-0.25, -0.2) is 9.59 Å². The molecule has 1 unspecified atom stereocenters. The number of aliphatic carboxylic acids is 2. The SMILES string of the molecule is COc1ccc(C(OC[C@H]2O[C@@H](n3cc(C)c(=O)[nH]c3=O)C[C@@H]2OC(CC(=O)O)C(=O)O)(c2ccccc2)c2ccc(OC)cc2)cc1. The summed E-state index contributed by atoms with van der Waals surface area (Å²) in [5, 5.41) is 19.1. The predicted molar refractivity (Wildman–Crippen MR) is 171 cm³/mol. The van der Waals surface area contributed by atoms with E-state index in [1.165, 1.54) is 17.7 Å². The number of carboxylic acid groups (broad SMARTS) is 2. The summed E-state index contributed by atoms with van der Waals surface area (Å²) in [7, 11) is 3.13. The van der Waals surface area contributed by atoms with Gasteiger partial charge in [0.05, 0.1) is 33.4 Å². The third kappa shape index (κ3) is 7.18. The lowest BCUT2D eigenvalue weighted by Crippen LogP contribution is -2.41. The lowest BCUT2D eigenvalue weighted by atomic mass is 9.80. The molecule has 13 nitrogen and oxygen atoms in total. The van der Waals surface area contributed by atoms with E-state index < -0.39 is 59.7 Å². The third-order valence-electron chi connectivity index (χ3n) is 8.25. The zero-order valence-electron chi connectivity index (χ0n) is 26.5. The number of benzene rings is 3. The van der Waals surface area contributed by atoms with Crippen LogP contribution in [0.4, 0.5) is 0 Å². The molecule has 1 aromatic heterocycles. The minimum absolute atomic E-state index is 0.0355. The molecule has 3 aromatic carbocycles. The Balaban J connectivity index is 1.59. The quantitative estimate of drug-likeness (QED) is 0.169. The van der Waals surface area contributed by atoms with E-state index in [0.717, 1.165) is 16.7 Å². The van der Waals surface area contributed by atoms with Gasteiger partial charge in [0.15, 0.2) is 6.10 Å². The molecule has 3 N–H and O–H groups in total. The number of carbonyl (C=O) groups is 2. The van der Waals surface area contributed by atoms with Gasteiger partial charge in [-0.1, -0.05) is 54.6 Å². The number of aryl methyl sites for hydroxylation is 1. The predicted octanol–water partition coefficient (Wildman–Crippen LogP) is 3.47. The largest absolute Gasteiger partial charge is 0.497 e. The maximum Gasteiger partial charge on any atom is 0.333 e. The molecule has 4 aromatic rings. The van der Waals surface area contributed by atoms with Crippen molar-refractivity contribution >= 4 is 11.9 Å². The Morgan fingerprint density at radius 1 is 0.917 bits per heavy atom. The van der Waals surface area contributed by atoms with Crippen LogP contribution in [0.2, 0.25) is 0 Å². The fraction of sp³-hybridized carbons (Fsp3) is 0.314. The molecule has 1 aliphatic heterocycles. The number of carboxylic acids is 2. The van der Waals surface area contributed by atoms with Gasteiger partial charge in [0.2, 0.25) is 0 Å². The molecule has 1 fully saturated rings. The second-order valence-corrected chi connectivity index (χ2v) is 11.3. The molecule has 1 aliphatic rings. The van der Waals surface area contributed by atoms with Gasteiger partial charge in [0.1, 0.15) is 29.4 Å². The maximum absolute atomic E-state index is 12.8. The zero-order chi connectivity index (χ0) is 34.4. The smallest absolute Gasteiger partial charge is 0.333 e. The molecule has 4 atom stereocenters. The Bertz CT molecular complexity index is 1790. The average Bonchev–Trinajstić information content (AvgIpc) is 3.49. The van der Waals surface area contributed by atoms with E-state index in [1.54, 1.807) is 14.2 Å². The van der Waals surface area contributed by atoms with Gasteiger partial charge in [-0.15, -0.1) is 0 Å². The third-order valence-corrected chi connectivity index (χ3v) is 8.25. The summed E-state index contributed by atoms with van der Waals surface area (Å²) < 4.78 is 31.1. The van der Waals surface area contributed by atoms with Crippen molar-refractivity contribution in [2.45, 2.75) is 49.9 Å². The molecule has 48 heavy (non-hydrogen) atoms. The highest BCUT2D eigenvalue weighted by Crippen LogP contribution is 2.43. The van der Waals surface area contributed by atoms with Crippen molar-refractivity contribution in [3.8, 4) is 11.5 Å². The van der Waals surface area contributed by atoms with Gasteiger partial charge in [0.25, 0.3) is 5.56 Å². The van der Waals surface area contributed by atoms with Gasteiger partial charge in [0, 0.05) is 18.2 Å². The molecule has 0 saturated carbocycles. The number of hydrogen-bond acceptors (Lipinski definition) is 9. The van der Waals surface area contributed by atoms with Crippen molar-refractivity contribution < 1.29 is 43.5 Å². The molecule has 2 heterocycles. The van der Waals surface area contributed by atoms with Gasteiger partial charge in [-0.2, -0.15) is 0 Å². The normalized spacial score (nSPS) is 18.3. The Morgan fingerprint density at radius 2 is 1.48 bits per heavy atom. The number of methoxy groups -OCH3 is 2. The van der Waals surface area contributed by atoms with Crippen molar-refractivity contribution in [2.24, 2.45) is 0 Å². The van der Waals surface area contributed by atoms with E-state index in [0.29, 0.717) is 11.5 Å². The highest BCUT2D eigenvalue weighted by Gasteiger charge is 2.44. The monoisotopic (exact) mass is 660 g/mol. The fourth-order valence-corrected chi connectivity index (χ4v) is 5.81. The van der Waals surface area contributed by atoms with E-state index in [2.05, 4.69) is 4.98 Å². The first-order valence-electron chi connectivity index (χ1n) is 15.1. The number of nitrogens with zero attached hydrogens (tertiary/aromatic N) is 1. The van der Waals surface area contributed by atoms with Crippen LogP contribution in [0.25, 0.3) is 0 Å². The number of H-pyrrole nitrogens is 1. The second-order valence-electron chi connectivity index (χ2n) is 11.3. The molecule has 0 amide bonds. The van der Waals surface area contributed by atoms with Crippen LogP contribution < -0.4 is 20.7 Å². The molecule has 1 saturated heterocycles. The lowest BCUT2D eigenvalue weighted by Gasteiger charge is -2.37. The standard InChI is InChI=1S/C35H36N2O11/c1-21-19-37(34(43)36-32(21)40)30-17-27(47-28(33(41)42)18-31(38)39)29(48-30)20-46-35(22-7-5-4-6-8-22,23-9-13-25(44-2)14-10-23)24-11-15-26(45-3)16-12-24/h4-16,19,27-30H,17-18,20H2,1-3H3,(H,38,39)(H,41,42)(H,36,40,43)/t27-,28?,29+,30+/m0/s1. The summed E-state index contributed by atoms with van der Waals surface area (Å²) in [5.41, 5.74) is -0.0696. The number of nitrogens with one attached hydrogen (secondary N) is 1. The summed E-state index contributed by atoms with van der Waals surface area (Å²) in [5.74, 6) is -1.57. The van der Waals surface area contributed by atoms with Crippen molar-refractivity contribution in [1.29, 1.82) is 0 Å². The van der Waals surface area contributed by atoms with Crippen LogP contribution in [0.1, 0.15) is 41.3 Å². The first-order chi connectivity index (χ1) is 23.0. The van der Waals surface area contributed by atoms with Crippen LogP contribution in [0.5, 0.6) is 11.5 Å². The number of ether oxygens (including phenoxy) is 5. The summed E-state index contributed by atoms with van der Waals surface area (Å²) in [6, 6.07) is 24.2. The van der Waals surface area contributed by atoms with Crippen LogP contribution in [-0.4, -0.2) is 70.8 Å². The summed E-state index contributed by atoms with van der Waals surface area (Å²) in [4.78, 5) is 50.6. The summed E-state index contributed by atoms with van der Waals surface area (Å²) in [6.07, 6.45) is -4.17. The summed E-state index contributed by atoms with van der Waals surface area (Å²) in [6.45, 7) is 1.34. The van der Waals surface area contributed by atoms with Gasteiger partial charge in [-0.05, 0) is 47.9 Å². The first kappa shape index (κ1) is 34.1. The second kappa shape index (κ2) is 14.7. The molecule has 0 spiro atoms. The molecule has 252 valence electrons. The van der Waals surface area contributed by atoms with Crippen LogP contribution in [-0.2, 0) is 29.4 Å². The van der Waals surface area contributed by atoms with Crippen LogP contribution >= 0.6 is 0 Å². The van der Waals surface area contributed by atoms with E-state index >= 15 is 0 Å². The molecular weight excluding hydrogens is 624 g/mol. The van der Waals surface area contributed by atoms with Crippen molar-refractivity contribution in [3.05, 3.63) is 128 Å². The van der Waals surface area contributed by atoms with E-state index in [1.807, 2.05) is 78.9 Å². The Hall–Kier alpha value is -5.24. The topological polar surface area (TPSA) is 176 Å². The molecule has 0 aliphatic carbocycles.